The standard InChI is InChI=1S/C17H18N2O4/c1-13(23-15-10-6-3-7-11-15)17(21)19-18-16(20)12-22-14-8-4-2-5-9-14/h2-11,13H,12H2,1H3,(H,18,20)(H,19,21). The van der Waals surface area contributed by atoms with Crippen molar-refractivity contribution in [3.05, 3.63) is 60.7 Å². The van der Waals surface area contributed by atoms with Crippen LogP contribution in [0.1, 0.15) is 6.92 Å². The number of hydrazine groups is 1. The van der Waals surface area contributed by atoms with Gasteiger partial charge in [0.15, 0.2) is 12.7 Å². The van der Waals surface area contributed by atoms with Crippen LogP contribution < -0.4 is 20.3 Å². The van der Waals surface area contributed by atoms with Crippen molar-refractivity contribution in [2.45, 2.75) is 13.0 Å². The molecule has 0 aliphatic heterocycles. The Morgan fingerprint density at radius 1 is 0.913 bits per heavy atom. The molecule has 0 heterocycles. The highest BCUT2D eigenvalue weighted by Crippen LogP contribution is 2.10. The van der Waals surface area contributed by atoms with Crippen LogP contribution in [-0.4, -0.2) is 24.5 Å². The minimum absolute atomic E-state index is 0.196. The maximum atomic E-state index is 11.8. The van der Waals surface area contributed by atoms with Gasteiger partial charge in [-0.2, -0.15) is 0 Å². The van der Waals surface area contributed by atoms with Crippen molar-refractivity contribution in [1.82, 2.24) is 10.9 Å². The molecule has 0 saturated heterocycles. The number of amides is 2. The van der Waals surface area contributed by atoms with Gasteiger partial charge in [-0.1, -0.05) is 36.4 Å². The molecule has 6 heteroatoms. The van der Waals surface area contributed by atoms with E-state index in [1.165, 1.54) is 0 Å². The number of ether oxygens (including phenoxy) is 2. The highest BCUT2D eigenvalue weighted by Gasteiger charge is 2.15. The number of carbonyl (C=O) groups excluding carboxylic acids is 2. The van der Waals surface area contributed by atoms with Gasteiger partial charge in [0.1, 0.15) is 11.5 Å². The summed E-state index contributed by atoms with van der Waals surface area (Å²) in [4.78, 5) is 23.4. The van der Waals surface area contributed by atoms with E-state index in [9.17, 15) is 9.59 Å². The van der Waals surface area contributed by atoms with Crippen LogP contribution in [0, 0.1) is 0 Å². The predicted octanol–water partition coefficient (Wildman–Crippen LogP) is 1.68. The van der Waals surface area contributed by atoms with Crippen molar-refractivity contribution < 1.29 is 19.1 Å². The Hall–Kier alpha value is -3.02. The largest absolute Gasteiger partial charge is 0.484 e. The number of nitrogens with one attached hydrogen (secondary N) is 2. The van der Waals surface area contributed by atoms with Gasteiger partial charge < -0.3 is 9.47 Å². The van der Waals surface area contributed by atoms with Crippen LogP contribution in [0.4, 0.5) is 0 Å². The highest BCUT2D eigenvalue weighted by molar-refractivity contribution is 5.85. The fraction of sp³-hybridized carbons (Fsp3) is 0.176. The second kappa shape index (κ2) is 8.43. The molecule has 0 saturated carbocycles. The first-order valence-corrected chi connectivity index (χ1v) is 7.13. The Bertz CT molecular complexity index is 632. The van der Waals surface area contributed by atoms with Crippen molar-refractivity contribution in [2.24, 2.45) is 0 Å². The number of para-hydroxylation sites is 2. The first-order chi connectivity index (χ1) is 11.1. The summed E-state index contributed by atoms with van der Waals surface area (Å²) in [7, 11) is 0. The molecule has 0 radical (unpaired) electrons. The average Bonchev–Trinajstić information content (AvgIpc) is 2.59. The Morgan fingerprint density at radius 2 is 1.48 bits per heavy atom. The molecular weight excluding hydrogens is 296 g/mol. The molecule has 1 atom stereocenters. The van der Waals surface area contributed by atoms with Gasteiger partial charge in [0.05, 0.1) is 0 Å². The topological polar surface area (TPSA) is 76.7 Å². The van der Waals surface area contributed by atoms with Crippen molar-refractivity contribution in [1.29, 1.82) is 0 Å². The molecule has 2 N–H and O–H groups in total. The Morgan fingerprint density at radius 3 is 2.09 bits per heavy atom. The Labute approximate surface area is 134 Å². The van der Waals surface area contributed by atoms with Gasteiger partial charge in [-0.25, -0.2) is 0 Å². The number of rotatable bonds is 6. The van der Waals surface area contributed by atoms with Crippen LogP contribution >= 0.6 is 0 Å². The van der Waals surface area contributed by atoms with Crippen LogP contribution in [0.5, 0.6) is 11.5 Å². The fourth-order valence-electron chi connectivity index (χ4n) is 1.69. The molecule has 0 aromatic heterocycles. The smallest absolute Gasteiger partial charge is 0.279 e. The molecule has 0 bridgehead atoms. The third-order valence-corrected chi connectivity index (χ3v) is 2.86. The van der Waals surface area contributed by atoms with E-state index in [1.807, 2.05) is 24.3 Å². The first kappa shape index (κ1) is 16.4. The molecule has 1 unspecified atom stereocenters. The molecule has 2 aromatic rings. The normalized spacial score (nSPS) is 11.2. The minimum atomic E-state index is -0.743. The molecular formula is C17H18N2O4. The van der Waals surface area contributed by atoms with E-state index in [2.05, 4.69) is 10.9 Å². The molecule has 0 spiro atoms. The Kier molecular flexibility index (Phi) is 5.99. The molecule has 0 aliphatic carbocycles. The van der Waals surface area contributed by atoms with E-state index in [1.54, 1.807) is 43.3 Å². The second-order valence-electron chi connectivity index (χ2n) is 4.71. The fourth-order valence-corrected chi connectivity index (χ4v) is 1.69. The summed E-state index contributed by atoms with van der Waals surface area (Å²) in [6, 6.07) is 17.9. The maximum Gasteiger partial charge on any atom is 0.279 e. The van der Waals surface area contributed by atoms with Crippen LogP contribution in [-0.2, 0) is 9.59 Å². The van der Waals surface area contributed by atoms with E-state index in [0.717, 1.165) is 0 Å². The number of hydrogen-bond acceptors (Lipinski definition) is 4. The predicted molar refractivity (Wildman–Crippen MR) is 84.8 cm³/mol. The lowest BCUT2D eigenvalue weighted by molar-refractivity contribution is -0.133. The Balaban J connectivity index is 1.70. The van der Waals surface area contributed by atoms with E-state index in [-0.39, 0.29) is 6.61 Å². The van der Waals surface area contributed by atoms with Gasteiger partial charge in [-0.05, 0) is 31.2 Å². The van der Waals surface area contributed by atoms with Gasteiger partial charge in [0.25, 0.3) is 11.8 Å². The average molecular weight is 314 g/mol. The van der Waals surface area contributed by atoms with Gasteiger partial charge in [-0.15, -0.1) is 0 Å². The molecule has 23 heavy (non-hydrogen) atoms. The lowest BCUT2D eigenvalue weighted by Crippen LogP contribution is -2.48. The SMILES string of the molecule is CC(Oc1ccccc1)C(=O)NNC(=O)COc1ccccc1. The van der Waals surface area contributed by atoms with Gasteiger partial charge in [-0.3, -0.25) is 20.4 Å². The first-order valence-electron chi connectivity index (χ1n) is 7.13. The second-order valence-corrected chi connectivity index (χ2v) is 4.71. The van der Waals surface area contributed by atoms with Gasteiger partial charge in [0.2, 0.25) is 0 Å². The molecule has 120 valence electrons. The van der Waals surface area contributed by atoms with Crippen molar-refractivity contribution >= 4 is 11.8 Å². The van der Waals surface area contributed by atoms with Gasteiger partial charge in [0, 0.05) is 0 Å². The molecule has 2 amide bonds. The van der Waals surface area contributed by atoms with Crippen LogP contribution in [0.3, 0.4) is 0 Å². The minimum Gasteiger partial charge on any atom is -0.484 e. The lowest BCUT2D eigenvalue weighted by atomic mass is 10.3. The molecule has 2 rings (SSSR count). The van der Waals surface area contributed by atoms with E-state index < -0.39 is 17.9 Å². The third kappa shape index (κ3) is 5.70. The monoisotopic (exact) mass is 314 g/mol. The van der Waals surface area contributed by atoms with Crippen LogP contribution in [0.25, 0.3) is 0 Å². The molecule has 2 aromatic carbocycles. The van der Waals surface area contributed by atoms with Crippen molar-refractivity contribution in [3.8, 4) is 11.5 Å². The zero-order chi connectivity index (χ0) is 16.5. The summed E-state index contributed by atoms with van der Waals surface area (Å²) in [6.07, 6.45) is -0.743. The van der Waals surface area contributed by atoms with Gasteiger partial charge >= 0.3 is 0 Å². The summed E-state index contributed by atoms with van der Waals surface area (Å²) < 4.78 is 10.7. The van der Waals surface area contributed by atoms with Crippen molar-refractivity contribution in [3.63, 3.8) is 0 Å². The highest BCUT2D eigenvalue weighted by atomic mass is 16.5. The summed E-state index contributed by atoms with van der Waals surface area (Å²) in [6.45, 7) is 1.40. The quantitative estimate of drug-likeness (QED) is 0.795. The molecule has 0 fully saturated rings. The lowest BCUT2D eigenvalue weighted by Gasteiger charge is -2.15. The van der Waals surface area contributed by atoms with E-state index in [0.29, 0.717) is 11.5 Å². The maximum absolute atomic E-state index is 11.8. The summed E-state index contributed by atoms with van der Waals surface area (Å²) in [5.41, 5.74) is 4.57. The zero-order valence-corrected chi connectivity index (χ0v) is 12.7. The van der Waals surface area contributed by atoms with Crippen LogP contribution in [0.15, 0.2) is 60.7 Å². The number of carbonyl (C=O) groups is 2. The summed E-state index contributed by atoms with van der Waals surface area (Å²) >= 11 is 0. The summed E-state index contributed by atoms with van der Waals surface area (Å²) in [5, 5.41) is 0. The summed E-state index contributed by atoms with van der Waals surface area (Å²) in [5.74, 6) is 0.236. The number of benzene rings is 2. The van der Waals surface area contributed by atoms with E-state index in [4.69, 9.17) is 9.47 Å². The van der Waals surface area contributed by atoms with Crippen molar-refractivity contribution in [2.75, 3.05) is 6.61 Å². The zero-order valence-electron chi connectivity index (χ0n) is 12.7. The number of hydrogen-bond donors (Lipinski definition) is 2. The third-order valence-electron chi connectivity index (χ3n) is 2.86. The van der Waals surface area contributed by atoms with E-state index >= 15 is 0 Å². The molecule has 6 nitrogen and oxygen atoms in total. The molecule has 0 aliphatic rings. The van der Waals surface area contributed by atoms with Crippen LogP contribution in [0.2, 0.25) is 0 Å².